The van der Waals surface area contributed by atoms with Gasteiger partial charge in [-0.1, -0.05) is 24.4 Å². The molecule has 0 aliphatic carbocycles. The predicted octanol–water partition coefficient (Wildman–Crippen LogP) is 3.69. The van der Waals surface area contributed by atoms with Crippen LogP contribution in [0.2, 0.25) is 0 Å². The molecular formula is C12H7FN2OS. The highest BCUT2D eigenvalue weighted by atomic mass is 32.1. The molecule has 2 heterocycles. The van der Waals surface area contributed by atoms with E-state index < -0.39 is 0 Å². The summed E-state index contributed by atoms with van der Waals surface area (Å²) in [6, 6.07) is 6.50. The van der Waals surface area contributed by atoms with Crippen LogP contribution in [0.15, 0.2) is 41.1 Å². The Morgan fingerprint density at radius 1 is 1.35 bits per heavy atom. The number of para-hydroxylation sites is 1. The molecule has 3 nitrogen and oxygen atoms in total. The number of nitrogens with zero attached hydrogens (tertiary/aromatic N) is 1. The van der Waals surface area contributed by atoms with E-state index in [1.54, 1.807) is 30.6 Å². The fourth-order valence-electron chi connectivity index (χ4n) is 1.67. The Kier molecular flexibility index (Phi) is 2.26. The Bertz CT molecular complexity index is 747. The van der Waals surface area contributed by atoms with Gasteiger partial charge in [0.05, 0.1) is 0 Å². The van der Waals surface area contributed by atoms with Gasteiger partial charge in [0, 0.05) is 17.8 Å². The number of hydrogen-bond acceptors (Lipinski definition) is 3. The SMILES string of the molecule is Fc1cccc2cc(-c3ncc[nH]c3=S)oc12. The molecule has 0 saturated carbocycles. The number of furan rings is 1. The van der Waals surface area contributed by atoms with Gasteiger partial charge >= 0.3 is 0 Å². The average Bonchev–Trinajstić information content (AvgIpc) is 2.75. The van der Waals surface area contributed by atoms with Gasteiger partial charge in [0.25, 0.3) is 0 Å². The lowest BCUT2D eigenvalue weighted by Crippen LogP contribution is -1.84. The summed E-state index contributed by atoms with van der Waals surface area (Å²) >= 11 is 5.10. The molecule has 1 aromatic carbocycles. The van der Waals surface area contributed by atoms with Gasteiger partial charge in [0.2, 0.25) is 0 Å². The zero-order chi connectivity index (χ0) is 11.8. The van der Waals surface area contributed by atoms with E-state index in [0.717, 1.165) is 0 Å². The van der Waals surface area contributed by atoms with Crippen molar-refractivity contribution in [1.82, 2.24) is 9.97 Å². The molecule has 3 rings (SSSR count). The van der Waals surface area contributed by atoms with Crippen molar-refractivity contribution >= 4 is 23.2 Å². The number of halogens is 1. The minimum absolute atomic E-state index is 0.225. The molecule has 3 aromatic rings. The Morgan fingerprint density at radius 2 is 2.24 bits per heavy atom. The van der Waals surface area contributed by atoms with E-state index >= 15 is 0 Å². The van der Waals surface area contributed by atoms with Crippen LogP contribution >= 0.6 is 12.2 Å². The summed E-state index contributed by atoms with van der Waals surface area (Å²) < 4.78 is 19.4. The molecule has 0 fully saturated rings. The first-order valence-corrected chi connectivity index (χ1v) is 5.38. The van der Waals surface area contributed by atoms with E-state index in [4.69, 9.17) is 16.6 Å². The molecule has 5 heteroatoms. The van der Waals surface area contributed by atoms with Crippen LogP contribution in [0, 0.1) is 10.5 Å². The predicted molar refractivity (Wildman–Crippen MR) is 64.6 cm³/mol. The van der Waals surface area contributed by atoms with Crippen LogP contribution in [0.25, 0.3) is 22.4 Å². The number of H-pyrrole nitrogens is 1. The molecule has 17 heavy (non-hydrogen) atoms. The topological polar surface area (TPSA) is 41.8 Å². The van der Waals surface area contributed by atoms with E-state index in [0.29, 0.717) is 21.5 Å². The van der Waals surface area contributed by atoms with Crippen molar-refractivity contribution in [2.45, 2.75) is 0 Å². The van der Waals surface area contributed by atoms with Crippen LogP contribution in [-0.4, -0.2) is 9.97 Å². The number of fused-ring (bicyclic) bond motifs is 1. The minimum Gasteiger partial charge on any atom is -0.451 e. The standard InChI is InChI=1S/C12H7FN2OS/c13-8-3-1-2-7-6-9(16-11(7)8)10-12(17)15-5-4-14-10/h1-6H,(H,15,17). The van der Waals surface area contributed by atoms with Crippen molar-refractivity contribution in [1.29, 1.82) is 0 Å². The van der Waals surface area contributed by atoms with E-state index in [9.17, 15) is 4.39 Å². The number of rotatable bonds is 1. The Balaban J connectivity index is 2.30. The molecule has 0 aliphatic heterocycles. The van der Waals surface area contributed by atoms with Crippen molar-refractivity contribution in [3.8, 4) is 11.5 Å². The highest BCUT2D eigenvalue weighted by molar-refractivity contribution is 7.71. The van der Waals surface area contributed by atoms with Crippen molar-refractivity contribution in [3.05, 3.63) is 47.1 Å². The monoisotopic (exact) mass is 246 g/mol. The molecule has 0 aliphatic rings. The van der Waals surface area contributed by atoms with Gasteiger partial charge in [-0.3, -0.25) is 0 Å². The second kappa shape index (κ2) is 3.78. The summed E-state index contributed by atoms with van der Waals surface area (Å²) in [6.07, 6.45) is 3.21. The van der Waals surface area contributed by atoms with Gasteiger partial charge < -0.3 is 9.40 Å². The van der Waals surface area contributed by atoms with Gasteiger partial charge in [0.1, 0.15) is 10.3 Å². The molecule has 84 valence electrons. The third kappa shape index (κ3) is 1.64. The van der Waals surface area contributed by atoms with Crippen molar-refractivity contribution in [2.75, 3.05) is 0 Å². The highest BCUT2D eigenvalue weighted by Gasteiger charge is 2.11. The third-order valence-electron chi connectivity index (χ3n) is 2.44. The molecule has 2 aromatic heterocycles. The van der Waals surface area contributed by atoms with Gasteiger partial charge in [-0.2, -0.15) is 0 Å². The molecule has 0 radical (unpaired) electrons. The second-order valence-corrected chi connectivity index (χ2v) is 3.94. The summed E-state index contributed by atoms with van der Waals surface area (Å²) in [5, 5.41) is 0.694. The van der Waals surface area contributed by atoms with E-state index in [1.807, 2.05) is 0 Å². The lowest BCUT2D eigenvalue weighted by molar-refractivity contribution is 0.567. The van der Waals surface area contributed by atoms with Crippen LogP contribution in [-0.2, 0) is 0 Å². The number of benzene rings is 1. The van der Waals surface area contributed by atoms with Gasteiger partial charge in [0.15, 0.2) is 17.2 Å². The Morgan fingerprint density at radius 3 is 3.00 bits per heavy atom. The lowest BCUT2D eigenvalue weighted by Gasteiger charge is -1.94. The molecule has 0 spiro atoms. The van der Waals surface area contributed by atoms with Crippen LogP contribution in [0.5, 0.6) is 0 Å². The summed E-state index contributed by atoms with van der Waals surface area (Å²) in [5.74, 6) is 0.0755. The maximum Gasteiger partial charge on any atom is 0.170 e. The molecule has 0 amide bonds. The Labute approximate surface area is 101 Å². The summed E-state index contributed by atoms with van der Waals surface area (Å²) in [6.45, 7) is 0. The second-order valence-electron chi connectivity index (χ2n) is 3.54. The molecular weight excluding hydrogens is 239 g/mol. The van der Waals surface area contributed by atoms with Gasteiger partial charge in [-0.25, -0.2) is 9.37 Å². The summed E-state index contributed by atoms with van der Waals surface area (Å²) in [7, 11) is 0. The molecule has 0 unspecified atom stereocenters. The molecule has 0 bridgehead atoms. The van der Waals surface area contributed by atoms with Crippen molar-refractivity contribution < 1.29 is 8.81 Å². The Hall–Kier alpha value is -2.01. The normalized spacial score (nSPS) is 10.9. The first-order chi connectivity index (χ1) is 8.25. The van der Waals surface area contributed by atoms with E-state index in [2.05, 4.69) is 9.97 Å². The number of hydrogen-bond donors (Lipinski definition) is 1. The first kappa shape index (κ1) is 10.2. The largest absolute Gasteiger partial charge is 0.451 e. The number of aromatic nitrogens is 2. The smallest absolute Gasteiger partial charge is 0.170 e. The number of aromatic amines is 1. The van der Waals surface area contributed by atoms with Crippen molar-refractivity contribution in [3.63, 3.8) is 0 Å². The van der Waals surface area contributed by atoms with E-state index in [1.165, 1.54) is 6.07 Å². The maximum atomic E-state index is 13.5. The quantitative estimate of drug-likeness (QED) is 0.666. The minimum atomic E-state index is -0.389. The number of nitrogens with one attached hydrogen (secondary N) is 1. The summed E-state index contributed by atoms with van der Waals surface area (Å²) in [4.78, 5) is 6.98. The average molecular weight is 246 g/mol. The molecule has 1 N–H and O–H groups in total. The lowest BCUT2D eigenvalue weighted by atomic mass is 10.2. The van der Waals surface area contributed by atoms with Crippen LogP contribution < -0.4 is 0 Å². The highest BCUT2D eigenvalue weighted by Crippen LogP contribution is 2.28. The first-order valence-electron chi connectivity index (χ1n) is 4.98. The summed E-state index contributed by atoms with van der Waals surface area (Å²) in [5.41, 5.74) is 0.737. The maximum absolute atomic E-state index is 13.5. The zero-order valence-electron chi connectivity index (χ0n) is 8.61. The molecule has 0 atom stereocenters. The van der Waals surface area contributed by atoms with Crippen LogP contribution in [0.3, 0.4) is 0 Å². The molecule has 0 saturated heterocycles. The van der Waals surface area contributed by atoms with Crippen LogP contribution in [0.1, 0.15) is 0 Å². The van der Waals surface area contributed by atoms with Gasteiger partial charge in [-0.05, 0) is 12.1 Å². The fourth-order valence-corrected chi connectivity index (χ4v) is 1.89. The van der Waals surface area contributed by atoms with Crippen LogP contribution in [0.4, 0.5) is 4.39 Å². The van der Waals surface area contributed by atoms with Gasteiger partial charge in [-0.15, -0.1) is 0 Å². The third-order valence-corrected chi connectivity index (χ3v) is 2.75. The van der Waals surface area contributed by atoms with Crippen molar-refractivity contribution in [2.24, 2.45) is 0 Å². The zero-order valence-corrected chi connectivity index (χ0v) is 9.42. The van der Waals surface area contributed by atoms with E-state index in [-0.39, 0.29) is 11.4 Å². The fraction of sp³-hybridized carbons (Fsp3) is 0.